The Labute approximate surface area is 133 Å². The fourth-order valence-electron chi connectivity index (χ4n) is 2.05. The number of nitrogens with zero attached hydrogens (tertiary/aromatic N) is 2. The van der Waals surface area contributed by atoms with Crippen LogP contribution in [0.25, 0.3) is 0 Å². The zero-order valence-electron chi connectivity index (χ0n) is 11.3. The SMILES string of the molecule is C[C@H](O)OC(=O)C1=C(Oc2ccsc2C#N)S[C@@H]2CC(=O)N12. The number of hydrogen-bond donors (Lipinski definition) is 1. The van der Waals surface area contributed by atoms with E-state index in [2.05, 4.69) is 0 Å². The smallest absolute Gasteiger partial charge is 0.361 e. The molecule has 0 aliphatic carbocycles. The minimum atomic E-state index is -1.29. The van der Waals surface area contributed by atoms with Crippen LogP contribution in [-0.2, 0) is 14.3 Å². The maximum Gasteiger partial charge on any atom is 0.361 e. The van der Waals surface area contributed by atoms with Crippen molar-refractivity contribution in [3.8, 4) is 11.8 Å². The molecule has 0 spiro atoms. The normalized spacial score (nSPS) is 21.0. The molecule has 0 bridgehead atoms. The summed E-state index contributed by atoms with van der Waals surface area (Å²) < 4.78 is 10.4. The molecule has 2 aliphatic heterocycles. The monoisotopic (exact) mass is 338 g/mol. The molecule has 1 saturated heterocycles. The predicted molar refractivity (Wildman–Crippen MR) is 77.3 cm³/mol. The van der Waals surface area contributed by atoms with Crippen molar-refractivity contribution in [3.63, 3.8) is 0 Å². The van der Waals surface area contributed by atoms with Gasteiger partial charge in [0.2, 0.25) is 5.91 Å². The molecule has 1 fully saturated rings. The Morgan fingerprint density at radius 3 is 3.05 bits per heavy atom. The number of β-lactam (4-membered cyclic amide) rings is 1. The van der Waals surface area contributed by atoms with Crippen molar-refractivity contribution < 1.29 is 24.2 Å². The number of aliphatic hydroxyl groups is 1. The molecule has 7 nitrogen and oxygen atoms in total. The van der Waals surface area contributed by atoms with Gasteiger partial charge >= 0.3 is 5.97 Å². The van der Waals surface area contributed by atoms with Crippen molar-refractivity contribution in [2.75, 3.05) is 0 Å². The number of thiophene rings is 1. The first-order valence-electron chi connectivity index (χ1n) is 6.28. The first-order chi connectivity index (χ1) is 10.5. The molecule has 1 N–H and O–H groups in total. The first-order valence-corrected chi connectivity index (χ1v) is 8.04. The molecule has 3 heterocycles. The Balaban J connectivity index is 1.92. The quantitative estimate of drug-likeness (QED) is 0.502. The van der Waals surface area contributed by atoms with Crippen molar-refractivity contribution >= 4 is 35.0 Å². The molecule has 3 rings (SSSR count). The van der Waals surface area contributed by atoms with Crippen molar-refractivity contribution in [1.82, 2.24) is 4.90 Å². The fraction of sp³-hybridized carbons (Fsp3) is 0.308. The minimum Gasteiger partial charge on any atom is -0.446 e. The Morgan fingerprint density at radius 1 is 1.64 bits per heavy atom. The van der Waals surface area contributed by atoms with Crippen molar-refractivity contribution in [1.29, 1.82) is 5.26 Å². The fourth-order valence-corrected chi connectivity index (χ4v) is 3.89. The molecule has 1 aromatic heterocycles. The number of thioether (sulfide) groups is 1. The molecule has 0 unspecified atom stereocenters. The number of nitriles is 1. The van der Waals surface area contributed by atoms with Gasteiger partial charge in [-0.05, 0) is 18.4 Å². The lowest BCUT2D eigenvalue weighted by Gasteiger charge is -2.33. The van der Waals surface area contributed by atoms with Gasteiger partial charge in [0.05, 0.1) is 11.8 Å². The van der Waals surface area contributed by atoms with Crippen molar-refractivity contribution in [2.45, 2.75) is 25.0 Å². The number of amides is 1. The maximum absolute atomic E-state index is 12.1. The van der Waals surface area contributed by atoms with Crippen LogP contribution in [0.15, 0.2) is 22.2 Å². The Morgan fingerprint density at radius 2 is 2.41 bits per heavy atom. The standard InChI is InChI=1S/C13H10N2O5S2/c1-6(16)19-12(18)11-13(22-10-4-9(17)15(10)11)20-7-2-3-21-8(7)5-14/h2-3,6,10,16H,4H2,1H3/t6-,10-/m1/s1. The average molecular weight is 338 g/mol. The summed E-state index contributed by atoms with van der Waals surface area (Å²) in [5.74, 6) is -0.714. The minimum absolute atomic E-state index is 0.0257. The highest BCUT2D eigenvalue weighted by Crippen LogP contribution is 2.47. The van der Waals surface area contributed by atoms with E-state index in [1.807, 2.05) is 6.07 Å². The lowest BCUT2D eigenvalue weighted by molar-refractivity contribution is -0.165. The van der Waals surface area contributed by atoms with E-state index in [0.717, 1.165) is 0 Å². The second kappa shape index (κ2) is 5.64. The molecule has 9 heteroatoms. The van der Waals surface area contributed by atoms with E-state index in [9.17, 15) is 14.7 Å². The van der Waals surface area contributed by atoms with Crippen molar-refractivity contribution in [2.24, 2.45) is 0 Å². The third kappa shape index (κ3) is 2.45. The molecule has 0 aromatic carbocycles. The van der Waals surface area contributed by atoms with E-state index >= 15 is 0 Å². The van der Waals surface area contributed by atoms with Crippen LogP contribution in [0, 0.1) is 11.3 Å². The molecule has 2 aliphatic rings. The molecule has 0 saturated carbocycles. The predicted octanol–water partition coefficient (Wildman–Crippen LogP) is 1.35. The van der Waals surface area contributed by atoms with Crippen molar-refractivity contribution in [3.05, 3.63) is 27.1 Å². The first kappa shape index (κ1) is 14.9. The zero-order valence-corrected chi connectivity index (χ0v) is 12.9. The van der Waals surface area contributed by atoms with Gasteiger partial charge in [-0.3, -0.25) is 9.69 Å². The van der Waals surface area contributed by atoms with Crippen LogP contribution in [0.1, 0.15) is 18.2 Å². The zero-order chi connectivity index (χ0) is 15.9. The van der Waals surface area contributed by atoms with E-state index in [1.165, 1.54) is 34.9 Å². The number of rotatable bonds is 4. The maximum atomic E-state index is 12.1. The van der Waals surface area contributed by atoms with Gasteiger partial charge in [0, 0.05) is 0 Å². The second-order valence-electron chi connectivity index (χ2n) is 4.51. The summed E-state index contributed by atoms with van der Waals surface area (Å²) in [4.78, 5) is 25.4. The van der Waals surface area contributed by atoms with Gasteiger partial charge in [-0.15, -0.1) is 11.3 Å². The van der Waals surface area contributed by atoms with Gasteiger partial charge in [0.25, 0.3) is 0 Å². The summed E-state index contributed by atoms with van der Waals surface area (Å²) in [6.07, 6.45) is -0.991. The Kier molecular flexibility index (Phi) is 3.82. The molecule has 0 radical (unpaired) electrons. The van der Waals surface area contributed by atoms with Crippen LogP contribution < -0.4 is 4.74 Å². The number of hydrogen-bond acceptors (Lipinski definition) is 8. The number of aliphatic hydroxyl groups excluding tert-OH is 1. The van der Waals surface area contributed by atoms with E-state index < -0.39 is 12.3 Å². The second-order valence-corrected chi connectivity index (χ2v) is 6.58. The van der Waals surface area contributed by atoms with Crippen LogP contribution in [0.2, 0.25) is 0 Å². The van der Waals surface area contributed by atoms with Crippen LogP contribution in [0.3, 0.4) is 0 Å². The molecular weight excluding hydrogens is 328 g/mol. The summed E-state index contributed by atoms with van der Waals surface area (Å²) in [7, 11) is 0. The molecule has 114 valence electrons. The Hall–Kier alpha value is -2.02. The summed E-state index contributed by atoms with van der Waals surface area (Å²) >= 11 is 2.44. The van der Waals surface area contributed by atoms with Crippen LogP contribution >= 0.6 is 23.1 Å². The summed E-state index contributed by atoms with van der Waals surface area (Å²) in [5, 5.41) is 19.9. The van der Waals surface area contributed by atoms with Crippen LogP contribution in [0.5, 0.6) is 5.75 Å². The van der Waals surface area contributed by atoms with Crippen LogP contribution in [-0.4, -0.2) is 33.5 Å². The number of carbonyl (C=O) groups excluding carboxylic acids is 2. The summed E-state index contributed by atoms with van der Waals surface area (Å²) in [6, 6.07) is 3.61. The lowest BCUT2D eigenvalue weighted by Crippen LogP contribution is -2.48. The van der Waals surface area contributed by atoms with Gasteiger partial charge in [-0.2, -0.15) is 5.26 Å². The molecular formula is C13H10N2O5S2. The van der Waals surface area contributed by atoms with E-state index in [-0.39, 0.29) is 22.1 Å². The van der Waals surface area contributed by atoms with Crippen LogP contribution in [0.4, 0.5) is 0 Å². The average Bonchev–Trinajstić information content (AvgIpc) is 3.00. The van der Waals surface area contributed by atoms with Gasteiger partial charge in [0.1, 0.15) is 10.9 Å². The third-order valence-electron chi connectivity index (χ3n) is 2.99. The van der Waals surface area contributed by atoms with E-state index in [1.54, 1.807) is 11.4 Å². The largest absolute Gasteiger partial charge is 0.446 e. The van der Waals surface area contributed by atoms with Gasteiger partial charge in [-0.1, -0.05) is 11.8 Å². The van der Waals surface area contributed by atoms with Gasteiger partial charge in [-0.25, -0.2) is 4.79 Å². The topological polar surface area (TPSA) is 99.9 Å². The number of esters is 1. The highest BCUT2D eigenvalue weighted by Gasteiger charge is 2.50. The number of ether oxygens (including phenoxy) is 2. The molecule has 22 heavy (non-hydrogen) atoms. The molecule has 1 amide bonds. The molecule has 2 atom stereocenters. The number of carbonyl (C=O) groups is 2. The number of fused-ring (bicyclic) bond motifs is 1. The van der Waals surface area contributed by atoms with Gasteiger partial charge in [0.15, 0.2) is 22.8 Å². The highest BCUT2D eigenvalue weighted by atomic mass is 32.2. The van der Waals surface area contributed by atoms with E-state index in [0.29, 0.717) is 17.0 Å². The lowest BCUT2D eigenvalue weighted by atomic mass is 10.2. The van der Waals surface area contributed by atoms with Gasteiger partial charge < -0.3 is 14.6 Å². The third-order valence-corrected chi connectivity index (χ3v) is 4.93. The molecule has 1 aromatic rings. The summed E-state index contributed by atoms with van der Waals surface area (Å²) in [5.41, 5.74) is -0.0257. The summed E-state index contributed by atoms with van der Waals surface area (Å²) in [6.45, 7) is 1.29. The Bertz CT molecular complexity index is 718. The highest BCUT2D eigenvalue weighted by molar-refractivity contribution is 8.03. The van der Waals surface area contributed by atoms with E-state index in [4.69, 9.17) is 14.7 Å².